The summed E-state index contributed by atoms with van der Waals surface area (Å²) in [6.07, 6.45) is 6.28. The van der Waals surface area contributed by atoms with Gasteiger partial charge in [-0.3, -0.25) is 0 Å². The van der Waals surface area contributed by atoms with Gasteiger partial charge < -0.3 is 4.90 Å². The van der Waals surface area contributed by atoms with Crippen LogP contribution in [0.1, 0.15) is 37.9 Å². The lowest BCUT2D eigenvalue weighted by Gasteiger charge is -2.27. The van der Waals surface area contributed by atoms with Crippen molar-refractivity contribution >= 4 is 11.6 Å². The first-order valence-corrected chi connectivity index (χ1v) is 6.81. The highest BCUT2D eigenvalue weighted by atomic mass is 15.4. The summed E-state index contributed by atoms with van der Waals surface area (Å²) in [5.74, 6) is 1.94. The largest absolute Gasteiger partial charge is 0.357 e. The van der Waals surface area contributed by atoms with E-state index in [-0.39, 0.29) is 0 Å². The Balaban J connectivity index is 2.27. The Labute approximate surface area is 107 Å². The fraction of sp³-hybridized carbons (Fsp3) is 0.615. The second-order valence-electron chi connectivity index (χ2n) is 4.71. The molecule has 5 heteroatoms. The number of aromatic nitrogens is 4. The van der Waals surface area contributed by atoms with Crippen molar-refractivity contribution in [2.75, 3.05) is 18.0 Å². The molecule has 0 spiro atoms. The maximum atomic E-state index is 4.65. The molecule has 2 aromatic heterocycles. The van der Waals surface area contributed by atoms with E-state index in [4.69, 9.17) is 0 Å². The summed E-state index contributed by atoms with van der Waals surface area (Å²) in [5, 5.41) is 4.34. The van der Waals surface area contributed by atoms with Crippen LogP contribution in [0.4, 0.5) is 5.82 Å². The summed E-state index contributed by atoms with van der Waals surface area (Å²) in [4.78, 5) is 11.3. The first-order valence-electron chi connectivity index (χ1n) is 6.81. The van der Waals surface area contributed by atoms with E-state index in [1.54, 1.807) is 6.33 Å². The fourth-order valence-electron chi connectivity index (χ4n) is 2.81. The lowest BCUT2D eigenvalue weighted by atomic mass is 9.96. The van der Waals surface area contributed by atoms with Crippen LogP contribution >= 0.6 is 0 Å². The topological polar surface area (TPSA) is 46.3 Å². The summed E-state index contributed by atoms with van der Waals surface area (Å²) >= 11 is 0. The summed E-state index contributed by atoms with van der Waals surface area (Å²) in [6, 6.07) is 0. The lowest BCUT2D eigenvalue weighted by Crippen LogP contribution is -2.28. The molecule has 2 heterocycles. The summed E-state index contributed by atoms with van der Waals surface area (Å²) in [5.41, 5.74) is 2.60. The SMILES string of the molecule is CCN(CC)c1c2c(nc3ncnn13)CCCC2. The van der Waals surface area contributed by atoms with E-state index < -0.39 is 0 Å². The van der Waals surface area contributed by atoms with Crippen molar-refractivity contribution in [1.82, 2.24) is 19.6 Å². The first-order chi connectivity index (χ1) is 8.85. The lowest BCUT2D eigenvalue weighted by molar-refractivity contribution is 0.651. The van der Waals surface area contributed by atoms with Crippen LogP contribution in [0.15, 0.2) is 6.33 Å². The third kappa shape index (κ3) is 1.65. The second kappa shape index (κ2) is 4.55. The highest BCUT2D eigenvalue weighted by Crippen LogP contribution is 2.29. The van der Waals surface area contributed by atoms with E-state index in [1.807, 2.05) is 4.52 Å². The van der Waals surface area contributed by atoms with Gasteiger partial charge in [-0.1, -0.05) is 0 Å². The maximum absolute atomic E-state index is 4.65. The van der Waals surface area contributed by atoms with E-state index in [0.717, 1.165) is 31.7 Å². The Morgan fingerprint density at radius 3 is 2.78 bits per heavy atom. The average Bonchev–Trinajstić information content (AvgIpc) is 2.87. The Bertz CT molecular complexity index is 556. The number of nitrogens with zero attached hydrogens (tertiary/aromatic N) is 5. The second-order valence-corrected chi connectivity index (χ2v) is 4.71. The number of anilines is 1. The van der Waals surface area contributed by atoms with E-state index in [9.17, 15) is 0 Å². The monoisotopic (exact) mass is 245 g/mol. The molecular weight excluding hydrogens is 226 g/mol. The smallest absolute Gasteiger partial charge is 0.254 e. The van der Waals surface area contributed by atoms with Crippen molar-refractivity contribution in [3.05, 3.63) is 17.6 Å². The molecule has 3 rings (SSSR count). The highest BCUT2D eigenvalue weighted by Gasteiger charge is 2.22. The average molecular weight is 245 g/mol. The molecule has 0 radical (unpaired) electrons. The van der Waals surface area contributed by atoms with Gasteiger partial charge in [0.05, 0.1) is 5.69 Å². The zero-order valence-electron chi connectivity index (χ0n) is 11.1. The quantitative estimate of drug-likeness (QED) is 0.828. The van der Waals surface area contributed by atoms with Crippen molar-refractivity contribution in [2.24, 2.45) is 0 Å². The Hall–Kier alpha value is -1.65. The van der Waals surface area contributed by atoms with Crippen LogP contribution in [-0.4, -0.2) is 32.7 Å². The Morgan fingerprint density at radius 2 is 2.00 bits per heavy atom. The molecule has 0 N–H and O–H groups in total. The van der Waals surface area contributed by atoms with Crippen molar-refractivity contribution in [1.29, 1.82) is 0 Å². The van der Waals surface area contributed by atoms with Gasteiger partial charge in [-0.2, -0.15) is 14.6 Å². The minimum absolute atomic E-state index is 0.734. The Kier molecular flexibility index (Phi) is 2.89. The molecule has 0 bridgehead atoms. The third-order valence-corrected chi connectivity index (χ3v) is 3.74. The highest BCUT2D eigenvalue weighted by molar-refractivity contribution is 5.55. The zero-order valence-corrected chi connectivity index (χ0v) is 11.1. The van der Waals surface area contributed by atoms with Crippen LogP contribution < -0.4 is 4.90 Å². The van der Waals surface area contributed by atoms with E-state index in [2.05, 4.69) is 33.8 Å². The van der Waals surface area contributed by atoms with E-state index in [0.29, 0.717) is 0 Å². The fourth-order valence-corrected chi connectivity index (χ4v) is 2.81. The zero-order chi connectivity index (χ0) is 12.5. The molecule has 0 aromatic carbocycles. The maximum Gasteiger partial charge on any atom is 0.254 e. The van der Waals surface area contributed by atoms with Crippen LogP contribution in [0.5, 0.6) is 0 Å². The molecule has 0 fully saturated rings. The molecular formula is C13H19N5. The van der Waals surface area contributed by atoms with Gasteiger partial charge in [0, 0.05) is 18.7 Å². The van der Waals surface area contributed by atoms with Gasteiger partial charge in [-0.05, 0) is 39.5 Å². The molecule has 1 aliphatic carbocycles. The van der Waals surface area contributed by atoms with E-state index >= 15 is 0 Å². The first kappa shape index (κ1) is 11.4. The van der Waals surface area contributed by atoms with Crippen LogP contribution in [0.2, 0.25) is 0 Å². The summed E-state index contributed by atoms with van der Waals surface area (Å²) in [6.45, 7) is 6.34. The van der Waals surface area contributed by atoms with Crippen molar-refractivity contribution in [3.8, 4) is 0 Å². The van der Waals surface area contributed by atoms with Gasteiger partial charge >= 0.3 is 0 Å². The molecule has 2 aromatic rings. The molecule has 1 aliphatic rings. The van der Waals surface area contributed by atoms with Crippen molar-refractivity contribution < 1.29 is 0 Å². The Morgan fingerprint density at radius 1 is 1.22 bits per heavy atom. The number of hydrogen-bond donors (Lipinski definition) is 0. The molecule has 0 saturated carbocycles. The molecule has 0 aliphatic heterocycles. The summed E-state index contributed by atoms with van der Waals surface area (Å²) < 4.78 is 1.90. The van der Waals surface area contributed by atoms with Gasteiger partial charge in [0.15, 0.2) is 0 Å². The molecule has 0 unspecified atom stereocenters. The minimum atomic E-state index is 0.734. The van der Waals surface area contributed by atoms with Gasteiger partial charge in [-0.15, -0.1) is 0 Å². The molecule has 0 atom stereocenters. The number of aryl methyl sites for hydroxylation is 1. The van der Waals surface area contributed by atoms with Gasteiger partial charge in [0.1, 0.15) is 12.1 Å². The molecule has 5 nitrogen and oxygen atoms in total. The number of fused-ring (bicyclic) bond motifs is 2. The van der Waals surface area contributed by atoms with Crippen LogP contribution in [0.25, 0.3) is 5.78 Å². The molecule has 18 heavy (non-hydrogen) atoms. The number of hydrogen-bond acceptors (Lipinski definition) is 4. The van der Waals surface area contributed by atoms with Crippen LogP contribution in [-0.2, 0) is 12.8 Å². The van der Waals surface area contributed by atoms with Gasteiger partial charge in [0.25, 0.3) is 5.78 Å². The van der Waals surface area contributed by atoms with Gasteiger partial charge in [0.2, 0.25) is 0 Å². The van der Waals surface area contributed by atoms with Crippen molar-refractivity contribution in [3.63, 3.8) is 0 Å². The molecule has 0 saturated heterocycles. The standard InChI is InChI=1S/C13H19N5/c1-3-17(4-2)12-10-7-5-6-8-11(10)16-13-14-9-15-18(12)13/h9H,3-8H2,1-2H3. The number of rotatable bonds is 3. The normalized spacial score (nSPS) is 14.8. The minimum Gasteiger partial charge on any atom is -0.357 e. The van der Waals surface area contributed by atoms with Crippen LogP contribution in [0.3, 0.4) is 0 Å². The molecule has 0 amide bonds. The van der Waals surface area contributed by atoms with Crippen molar-refractivity contribution in [2.45, 2.75) is 39.5 Å². The van der Waals surface area contributed by atoms with Gasteiger partial charge in [-0.25, -0.2) is 4.98 Å². The van der Waals surface area contributed by atoms with Crippen LogP contribution in [0, 0.1) is 0 Å². The third-order valence-electron chi connectivity index (χ3n) is 3.74. The predicted molar refractivity (Wildman–Crippen MR) is 71.0 cm³/mol. The molecule has 96 valence electrons. The summed E-state index contributed by atoms with van der Waals surface area (Å²) in [7, 11) is 0. The predicted octanol–water partition coefficient (Wildman–Crippen LogP) is 1.85. The van der Waals surface area contributed by atoms with E-state index in [1.165, 1.54) is 29.9 Å².